The SMILES string of the molecule is Cn1c(SCc2c(F)cccc2Cl)nnc1C1CCCCC1. The van der Waals surface area contributed by atoms with E-state index in [2.05, 4.69) is 14.8 Å². The fourth-order valence-electron chi connectivity index (χ4n) is 2.98. The Labute approximate surface area is 139 Å². The van der Waals surface area contributed by atoms with Gasteiger partial charge in [0.2, 0.25) is 0 Å². The second kappa shape index (κ2) is 7.01. The van der Waals surface area contributed by atoms with Gasteiger partial charge in [-0.1, -0.05) is 48.7 Å². The summed E-state index contributed by atoms with van der Waals surface area (Å²) in [5, 5.41) is 9.92. The Bertz CT molecular complexity index is 633. The van der Waals surface area contributed by atoms with Crippen molar-refractivity contribution in [3.05, 3.63) is 40.4 Å². The molecule has 0 atom stereocenters. The van der Waals surface area contributed by atoms with Gasteiger partial charge in [-0.3, -0.25) is 0 Å². The molecule has 0 amide bonds. The Kier molecular flexibility index (Phi) is 5.03. The van der Waals surface area contributed by atoms with Gasteiger partial charge < -0.3 is 4.57 Å². The second-order valence-corrected chi connectivity index (χ2v) is 7.07. The summed E-state index contributed by atoms with van der Waals surface area (Å²) in [7, 11) is 2.00. The van der Waals surface area contributed by atoms with Crippen molar-refractivity contribution in [3.8, 4) is 0 Å². The number of hydrogen-bond acceptors (Lipinski definition) is 3. The van der Waals surface area contributed by atoms with Gasteiger partial charge in [-0.05, 0) is 25.0 Å². The Morgan fingerprint density at radius 3 is 2.77 bits per heavy atom. The zero-order chi connectivity index (χ0) is 15.5. The van der Waals surface area contributed by atoms with Crippen molar-refractivity contribution in [3.63, 3.8) is 0 Å². The van der Waals surface area contributed by atoms with E-state index in [1.54, 1.807) is 12.1 Å². The molecule has 1 aliphatic rings. The summed E-state index contributed by atoms with van der Waals surface area (Å²) in [6, 6.07) is 4.77. The number of thioether (sulfide) groups is 1. The van der Waals surface area contributed by atoms with E-state index < -0.39 is 0 Å². The van der Waals surface area contributed by atoms with Crippen molar-refractivity contribution in [2.75, 3.05) is 0 Å². The van der Waals surface area contributed by atoms with Crippen molar-refractivity contribution in [2.24, 2.45) is 7.05 Å². The van der Waals surface area contributed by atoms with Crippen molar-refractivity contribution in [2.45, 2.75) is 48.9 Å². The minimum absolute atomic E-state index is 0.269. The highest BCUT2D eigenvalue weighted by molar-refractivity contribution is 7.98. The van der Waals surface area contributed by atoms with Crippen LogP contribution in [0.25, 0.3) is 0 Å². The standard InChI is InChI=1S/C16H19ClFN3S/c1-21-15(11-6-3-2-4-7-11)19-20-16(21)22-10-12-13(17)8-5-9-14(12)18/h5,8-9,11H,2-4,6-7,10H2,1H3. The minimum Gasteiger partial charge on any atom is -0.309 e. The first-order valence-electron chi connectivity index (χ1n) is 7.62. The third kappa shape index (κ3) is 3.30. The van der Waals surface area contributed by atoms with E-state index in [4.69, 9.17) is 11.6 Å². The van der Waals surface area contributed by atoms with E-state index in [1.165, 1.54) is 49.9 Å². The van der Waals surface area contributed by atoms with Crippen LogP contribution < -0.4 is 0 Å². The molecule has 2 aromatic rings. The molecule has 1 fully saturated rings. The molecule has 22 heavy (non-hydrogen) atoms. The summed E-state index contributed by atoms with van der Waals surface area (Å²) >= 11 is 7.54. The van der Waals surface area contributed by atoms with Crippen LogP contribution in [0.3, 0.4) is 0 Å². The quantitative estimate of drug-likeness (QED) is 0.738. The van der Waals surface area contributed by atoms with Gasteiger partial charge in [-0.15, -0.1) is 10.2 Å². The van der Waals surface area contributed by atoms with Gasteiger partial charge in [0.25, 0.3) is 0 Å². The monoisotopic (exact) mass is 339 g/mol. The normalized spacial score (nSPS) is 16.1. The predicted molar refractivity (Wildman–Crippen MR) is 87.8 cm³/mol. The molecule has 1 heterocycles. The molecule has 0 radical (unpaired) electrons. The van der Waals surface area contributed by atoms with Crippen LogP contribution in [-0.4, -0.2) is 14.8 Å². The van der Waals surface area contributed by atoms with E-state index >= 15 is 0 Å². The lowest BCUT2D eigenvalue weighted by atomic mass is 9.89. The molecule has 0 N–H and O–H groups in total. The molecular formula is C16H19ClFN3S. The summed E-state index contributed by atoms with van der Waals surface area (Å²) in [6.07, 6.45) is 6.24. The maximum Gasteiger partial charge on any atom is 0.191 e. The minimum atomic E-state index is -0.269. The zero-order valence-electron chi connectivity index (χ0n) is 12.6. The van der Waals surface area contributed by atoms with Crippen LogP contribution in [0, 0.1) is 5.82 Å². The molecule has 0 saturated heterocycles. The van der Waals surface area contributed by atoms with Crippen LogP contribution in [0.1, 0.15) is 49.4 Å². The molecule has 1 saturated carbocycles. The average molecular weight is 340 g/mol. The van der Waals surface area contributed by atoms with Crippen molar-refractivity contribution in [1.29, 1.82) is 0 Å². The van der Waals surface area contributed by atoms with Gasteiger partial charge in [-0.2, -0.15) is 0 Å². The summed E-state index contributed by atoms with van der Waals surface area (Å²) in [4.78, 5) is 0. The summed E-state index contributed by atoms with van der Waals surface area (Å²) in [5.74, 6) is 1.76. The highest BCUT2D eigenvalue weighted by Crippen LogP contribution is 2.33. The molecule has 0 aliphatic heterocycles. The van der Waals surface area contributed by atoms with Crippen LogP contribution in [0.4, 0.5) is 4.39 Å². The van der Waals surface area contributed by atoms with Crippen LogP contribution >= 0.6 is 23.4 Å². The number of hydrogen-bond donors (Lipinski definition) is 0. The fraction of sp³-hybridized carbons (Fsp3) is 0.500. The lowest BCUT2D eigenvalue weighted by molar-refractivity contribution is 0.418. The van der Waals surface area contributed by atoms with Gasteiger partial charge in [0, 0.05) is 29.3 Å². The van der Waals surface area contributed by atoms with E-state index in [1.807, 2.05) is 7.05 Å². The van der Waals surface area contributed by atoms with Crippen LogP contribution in [0.5, 0.6) is 0 Å². The molecule has 1 aromatic heterocycles. The van der Waals surface area contributed by atoms with Crippen LogP contribution in [0.2, 0.25) is 5.02 Å². The number of nitrogens with zero attached hydrogens (tertiary/aromatic N) is 3. The predicted octanol–water partition coefficient (Wildman–Crippen LogP) is 4.95. The number of rotatable bonds is 4. The molecular weight excluding hydrogens is 321 g/mol. The first-order chi connectivity index (χ1) is 10.7. The first-order valence-corrected chi connectivity index (χ1v) is 8.98. The van der Waals surface area contributed by atoms with Crippen molar-refractivity contribution >= 4 is 23.4 Å². The van der Waals surface area contributed by atoms with Gasteiger partial charge in [0.1, 0.15) is 11.6 Å². The molecule has 6 heteroatoms. The largest absolute Gasteiger partial charge is 0.309 e. The highest BCUT2D eigenvalue weighted by atomic mass is 35.5. The third-order valence-electron chi connectivity index (χ3n) is 4.25. The summed E-state index contributed by atoms with van der Waals surface area (Å²) in [6.45, 7) is 0. The van der Waals surface area contributed by atoms with E-state index in [-0.39, 0.29) is 5.82 Å². The molecule has 1 aliphatic carbocycles. The molecule has 3 nitrogen and oxygen atoms in total. The first kappa shape index (κ1) is 15.8. The molecule has 0 spiro atoms. The van der Waals surface area contributed by atoms with Crippen LogP contribution in [0.15, 0.2) is 23.4 Å². The smallest absolute Gasteiger partial charge is 0.191 e. The maximum atomic E-state index is 13.8. The zero-order valence-corrected chi connectivity index (χ0v) is 14.1. The number of aromatic nitrogens is 3. The Morgan fingerprint density at radius 1 is 1.27 bits per heavy atom. The number of benzene rings is 1. The van der Waals surface area contributed by atoms with Gasteiger partial charge in [-0.25, -0.2) is 4.39 Å². The van der Waals surface area contributed by atoms with Gasteiger partial charge in [0.05, 0.1) is 0 Å². The topological polar surface area (TPSA) is 30.7 Å². The van der Waals surface area contributed by atoms with Crippen molar-refractivity contribution in [1.82, 2.24) is 14.8 Å². The molecule has 0 bridgehead atoms. The van der Waals surface area contributed by atoms with Gasteiger partial charge in [0.15, 0.2) is 5.16 Å². The van der Waals surface area contributed by atoms with Crippen molar-refractivity contribution < 1.29 is 4.39 Å². The lowest BCUT2D eigenvalue weighted by Gasteiger charge is -2.20. The molecule has 0 unspecified atom stereocenters. The average Bonchev–Trinajstić information content (AvgIpc) is 2.89. The molecule has 1 aromatic carbocycles. The van der Waals surface area contributed by atoms with E-state index in [0.29, 0.717) is 22.3 Å². The van der Waals surface area contributed by atoms with Crippen LogP contribution in [-0.2, 0) is 12.8 Å². The van der Waals surface area contributed by atoms with Gasteiger partial charge >= 0.3 is 0 Å². The van der Waals surface area contributed by atoms with E-state index in [9.17, 15) is 4.39 Å². The maximum absolute atomic E-state index is 13.8. The Balaban J connectivity index is 1.72. The second-order valence-electron chi connectivity index (χ2n) is 5.72. The van der Waals surface area contributed by atoms with E-state index in [0.717, 1.165) is 11.0 Å². The number of halogens is 2. The molecule has 118 valence electrons. The third-order valence-corrected chi connectivity index (χ3v) is 5.65. The highest BCUT2D eigenvalue weighted by Gasteiger charge is 2.22. The fourth-order valence-corrected chi connectivity index (χ4v) is 4.24. The molecule has 3 rings (SSSR count). The summed E-state index contributed by atoms with van der Waals surface area (Å²) in [5.41, 5.74) is 0.524. The lowest BCUT2D eigenvalue weighted by Crippen LogP contribution is -2.10. The Hall–Kier alpha value is -1.07. The summed E-state index contributed by atoms with van der Waals surface area (Å²) < 4.78 is 15.9. The Morgan fingerprint density at radius 2 is 2.05 bits per heavy atom.